The Bertz CT molecular complexity index is 981. The average molecular weight is 398 g/mol. The molecule has 6 heteroatoms. The molecule has 0 spiro atoms. The Morgan fingerprint density at radius 1 is 1.14 bits per heavy atom. The van der Waals surface area contributed by atoms with Crippen LogP contribution in [0.2, 0.25) is 0 Å². The minimum atomic E-state index is -0.0173. The van der Waals surface area contributed by atoms with Gasteiger partial charge in [-0.05, 0) is 58.6 Å². The summed E-state index contributed by atoms with van der Waals surface area (Å²) >= 11 is 1.52. The number of benzene rings is 2. The summed E-state index contributed by atoms with van der Waals surface area (Å²) in [5.74, 6) is 0.741. The first kappa shape index (κ1) is 20.3. The number of carbonyl (C=O) groups excluding carboxylic acids is 1. The number of hydrogen-bond donors (Lipinski definition) is 0. The molecule has 0 atom stereocenters. The summed E-state index contributed by atoms with van der Waals surface area (Å²) in [6.45, 7) is 7.88. The molecule has 0 fully saturated rings. The minimum Gasteiger partial charge on any atom is -0.492 e. The highest BCUT2D eigenvalue weighted by atomic mass is 32.1. The summed E-state index contributed by atoms with van der Waals surface area (Å²) in [5, 5.41) is 0.703. The third-order valence-corrected chi connectivity index (χ3v) is 5.57. The lowest BCUT2D eigenvalue weighted by Crippen LogP contribution is -2.37. The molecule has 5 nitrogen and oxygen atoms in total. The molecule has 0 bridgehead atoms. The second-order valence-corrected chi connectivity index (χ2v) is 8.12. The average Bonchev–Trinajstić information content (AvgIpc) is 3.06. The van der Waals surface area contributed by atoms with Crippen LogP contribution >= 0.6 is 11.3 Å². The summed E-state index contributed by atoms with van der Waals surface area (Å²) in [4.78, 5) is 22.1. The van der Waals surface area contributed by atoms with Crippen molar-refractivity contribution in [2.45, 2.75) is 20.8 Å². The zero-order chi connectivity index (χ0) is 20.3. The Hall–Kier alpha value is -2.44. The van der Waals surface area contributed by atoms with Crippen molar-refractivity contribution < 1.29 is 9.53 Å². The fourth-order valence-electron chi connectivity index (χ4n) is 3.08. The van der Waals surface area contributed by atoms with Crippen LogP contribution in [0.3, 0.4) is 0 Å². The fraction of sp³-hybridized carbons (Fsp3) is 0.364. The molecule has 1 amide bonds. The van der Waals surface area contributed by atoms with Gasteiger partial charge in [-0.3, -0.25) is 9.69 Å². The number of para-hydroxylation sites is 1. The van der Waals surface area contributed by atoms with Crippen LogP contribution in [-0.2, 0) is 0 Å². The van der Waals surface area contributed by atoms with Crippen molar-refractivity contribution in [2.24, 2.45) is 0 Å². The van der Waals surface area contributed by atoms with E-state index < -0.39 is 0 Å². The van der Waals surface area contributed by atoms with E-state index in [0.29, 0.717) is 23.8 Å². The molecule has 1 aromatic heterocycles. The first-order chi connectivity index (χ1) is 13.4. The zero-order valence-corrected chi connectivity index (χ0v) is 18.0. The maximum absolute atomic E-state index is 13.4. The van der Waals surface area contributed by atoms with Gasteiger partial charge in [0, 0.05) is 18.7 Å². The third kappa shape index (κ3) is 4.34. The van der Waals surface area contributed by atoms with Crippen molar-refractivity contribution >= 4 is 32.6 Å². The van der Waals surface area contributed by atoms with Crippen molar-refractivity contribution in [1.82, 2.24) is 9.88 Å². The van der Waals surface area contributed by atoms with Gasteiger partial charge in [-0.1, -0.05) is 35.1 Å². The molecule has 0 aliphatic heterocycles. The van der Waals surface area contributed by atoms with E-state index in [0.717, 1.165) is 33.6 Å². The Morgan fingerprint density at radius 3 is 2.61 bits per heavy atom. The highest BCUT2D eigenvalue weighted by molar-refractivity contribution is 7.22. The lowest BCUT2D eigenvalue weighted by Gasteiger charge is -2.23. The molecule has 0 aliphatic rings. The maximum Gasteiger partial charge on any atom is 0.260 e. The van der Waals surface area contributed by atoms with Crippen LogP contribution in [0.25, 0.3) is 10.2 Å². The first-order valence-electron chi connectivity index (χ1n) is 9.47. The molecule has 0 saturated heterocycles. The van der Waals surface area contributed by atoms with Gasteiger partial charge in [-0.2, -0.15) is 0 Å². The molecule has 0 radical (unpaired) electrons. The number of anilines is 1. The molecule has 148 valence electrons. The molecular weight excluding hydrogens is 370 g/mol. The van der Waals surface area contributed by atoms with Crippen LogP contribution < -0.4 is 9.64 Å². The summed E-state index contributed by atoms with van der Waals surface area (Å²) in [6.07, 6.45) is 0. The number of aromatic nitrogens is 1. The van der Waals surface area contributed by atoms with Gasteiger partial charge in [-0.15, -0.1) is 0 Å². The Balaban J connectivity index is 2.03. The van der Waals surface area contributed by atoms with Gasteiger partial charge >= 0.3 is 0 Å². The molecule has 1 heterocycles. The lowest BCUT2D eigenvalue weighted by atomic mass is 10.0. The predicted octanol–water partition coefficient (Wildman–Crippen LogP) is 4.52. The van der Waals surface area contributed by atoms with E-state index in [1.54, 1.807) is 4.90 Å². The number of nitrogens with zero attached hydrogens (tertiary/aromatic N) is 3. The van der Waals surface area contributed by atoms with Gasteiger partial charge in [0.2, 0.25) is 0 Å². The second kappa shape index (κ2) is 8.71. The normalized spacial score (nSPS) is 11.2. The van der Waals surface area contributed by atoms with Gasteiger partial charge in [0.05, 0.1) is 11.3 Å². The SMILES string of the molecule is CCOc1cccc2sc(N(CCN(C)C)C(=O)c3ccc(C)cc3C)nc12. The standard InChI is InChI=1S/C22H27N3O2S/c1-6-27-18-8-7-9-19-20(18)23-22(28-19)25(13-12-24(4)5)21(26)17-11-10-15(2)14-16(17)3/h7-11,14H,6,12-13H2,1-5H3. The van der Waals surface area contributed by atoms with Gasteiger partial charge < -0.3 is 9.64 Å². The van der Waals surface area contributed by atoms with E-state index in [1.807, 2.05) is 71.3 Å². The second-order valence-electron chi connectivity index (χ2n) is 7.11. The number of thiazole rings is 1. The van der Waals surface area contributed by atoms with Crippen molar-refractivity contribution in [3.63, 3.8) is 0 Å². The van der Waals surface area contributed by atoms with Crippen LogP contribution in [0.15, 0.2) is 36.4 Å². The number of hydrogen-bond acceptors (Lipinski definition) is 5. The quantitative estimate of drug-likeness (QED) is 0.588. The molecule has 3 aromatic rings. The Morgan fingerprint density at radius 2 is 1.93 bits per heavy atom. The molecule has 0 N–H and O–H groups in total. The van der Waals surface area contributed by atoms with Gasteiger partial charge in [0.15, 0.2) is 5.13 Å². The highest BCUT2D eigenvalue weighted by Crippen LogP contribution is 2.35. The first-order valence-corrected chi connectivity index (χ1v) is 10.3. The monoisotopic (exact) mass is 397 g/mol. The van der Waals surface area contributed by atoms with Crippen LogP contribution in [0.4, 0.5) is 5.13 Å². The number of ether oxygens (including phenoxy) is 1. The van der Waals surface area contributed by atoms with Crippen LogP contribution in [0.1, 0.15) is 28.4 Å². The fourth-order valence-corrected chi connectivity index (χ4v) is 4.09. The maximum atomic E-state index is 13.4. The number of carbonyl (C=O) groups is 1. The number of aryl methyl sites for hydroxylation is 2. The van der Waals surface area contributed by atoms with Gasteiger partial charge in [0.25, 0.3) is 5.91 Å². The van der Waals surface area contributed by atoms with E-state index in [9.17, 15) is 4.79 Å². The van der Waals surface area contributed by atoms with E-state index >= 15 is 0 Å². The van der Waals surface area contributed by atoms with Crippen molar-refractivity contribution in [1.29, 1.82) is 0 Å². The van der Waals surface area contributed by atoms with E-state index in [2.05, 4.69) is 4.90 Å². The number of rotatable bonds is 7. The van der Waals surface area contributed by atoms with Gasteiger partial charge in [0.1, 0.15) is 11.3 Å². The van der Waals surface area contributed by atoms with E-state index in [4.69, 9.17) is 9.72 Å². The van der Waals surface area contributed by atoms with E-state index in [-0.39, 0.29) is 5.91 Å². The highest BCUT2D eigenvalue weighted by Gasteiger charge is 2.23. The van der Waals surface area contributed by atoms with Crippen LogP contribution in [0, 0.1) is 13.8 Å². The number of likely N-dealkylation sites (N-methyl/N-ethyl adjacent to an activating group) is 1. The largest absolute Gasteiger partial charge is 0.492 e. The summed E-state index contributed by atoms with van der Waals surface area (Å²) in [5.41, 5.74) is 3.66. The van der Waals surface area contributed by atoms with Crippen molar-refractivity contribution in [2.75, 3.05) is 38.7 Å². The smallest absolute Gasteiger partial charge is 0.260 e. The van der Waals surface area contributed by atoms with Crippen LogP contribution in [-0.4, -0.2) is 49.6 Å². The van der Waals surface area contributed by atoms with Crippen molar-refractivity contribution in [3.05, 3.63) is 53.1 Å². The third-order valence-electron chi connectivity index (χ3n) is 4.53. The minimum absolute atomic E-state index is 0.0173. The molecule has 0 unspecified atom stereocenters. The van der Waals surface area contributed by atoms with Crippen LogP contribution in [0.5, 0.6) is 5.75 Å². The molecular formula is C22H27N3O2S. The zero-order valence-electron chi connectivity index (χ0n) is 17.2. The van der Waals surface area contributed by atoms with Crippen molar-refractivity contribution in [3.8, 4) is 5.75 Å². The van der Waals surface area contributed by atoms with Gasteiger partial charge in [-0.25, -0.2) is 4.98 Å². The number of fused-ring (bicyclic) bond motifs is 1. The lowest BCUT2D eigenvalue weighted by molar-refractivity contribution is 0.0984. The Kier molecular flexibility index (Phi) is 6.31. The molecule has 0 aliphatic carbocycles. The summed E-state index contributed by atoms with van der Waals surface area (Å²) in [7, 11) is 4.01. The number of amides is 1. The van der Waals surface area contributed by atoms with E-state index in [1.165, 1.54) is 11.3 Å². The summed E-state index contributed by atoms with van der Waals surface area (Å²) in [6, 6.07) is 11.8. The molecule has 28 heavy (non-hydrogen) atoms. The molecule has 2 aromatic carbocycles. The summed E-state index contributed by atoms with van der Waals surface area (Å²) < 4.78 is 6.74. The molecule has 3 rings (SSSR count). The Labute approximate surface area is 170 Å². The topological polar surface area (TPSA) is 45.7 Å². The molecule has 0 saturated carbocycles. The predicted molar refractivity (Wildman–Crippen MR) is 117 cm³/mol.